The lowest BCUT2D eigenvalue weighted by Crippen LogP contribution is -2.01. The zero-order valence-electron chi connectivity index (χ0n) is 8.78. The molecule has 0 aromatic heterocycles. The molecule has 2 nitrogen and oxygen atoms in total. The van der Waals surface area contributed by atoms with Gasteiger partial charge in [-0.15, -0.1) is 0 Å². The van der Waals surface area contributed by atoms with Gasteiger partial charge >= 0.3 is 0 Å². The van der Waals surface area contributed by atoms with Crippen molar-refractivity contribution in [3.63, 3.8) is 0 Å². The molecule has 86 valence electrons. The van der Waals surface area contributed by atoms with Gasteiger partial charge in [0.05, 0.1) is 10.7 Å². The van der Waals surface area contributed by atoms with Crippen LogP contribution in [-0.4, -0.2) is 5.78 Å². The Bertz CT molecular complexity index is 566. The first-order valence-corrected chi connectivity index (χ1v) is 6.39. The number of rotatable bonds is 2. The van der Waals surface area contributed by atoms with E-state index < -0.39 is 0 Å². The fraction of sp³-hybridized carbons (Fsp3) is 0. The van der Waals surface area contributed by atoms with Gasteiger partial charge in [-0.25, -0.2) is 0 Å². The lowest BCUT2D eigenvalue weighted by Gasteiger charge is -2.03. The lowest BCUT2D eigenvalue weighted by molar-refractivity contribution is 0.103. The fourth-order valence-electron chi connectivity index (χ4n) is 1.44. The standard InChI is InChI=1S/C13H9ClINO/c14-11-7-9(3-6-12(11)16)13(17)8-1-4-10(15)5-2-8/h1-7H,16H2. The zero-order chi connectivity index (χ0) is 12.4. The van der Waals surface area contributed by atoms with Crippen LogP contribution in [0, 0.1) is 3.57 Å². The summed E-state index contributed by atoms with van der Waals surface area (Å²) in [5.74, 6) is -0.0525. The van der Waals surface area contributed by atoms with Gasteiger partial charge in [0.1, 0.15) is 0 Å². The maximum atomic E-state index is 12.1. The summed E-state index contributed by atoms with van der Waals surface area (Å²) in [6, 6.07) is 12.3. The molecule has 0 spiro atoms. The summed E-state index contributed by atoms with van der Waals surface area (Å²) < 4.78 is 1.09. The van der Waals surface area contributed by atoms with Crippen LogP contribution in [-0.2, 0) is 0 Å². The van der Waals surface area contributed by atoms with Crippen molar-refractivity contribution < 1.29 is 4.79 Å². The molecule has 0 saturated carbocycles. The van der Waals surface area contributed by atoms with Crippen LogP contribution in [0.3, 0.4) is 0 Å². The molecule has 17 heavy (non-hydrogen) atoms. The summed E-state index contributed by atoms with van der Waals surface area (Å²) >= 11 is 8.09. The number of nitrogens with two attached hydrogens (primary N) is 1. The maximum Gasteiger partial charge on any atom is 0.193 e. The Labute approximate surface area is 118 Å². The molecule has 0 atom stereocenters. The predicted octanol–water partition coefficient (Wildman–Crippen LogP) is 3.76. The molecule has 0 heterocycles. The third kappa shape index (κ3) is 2.79. The fourth-order valence-corrected chi connectivity index (χ4v) is 1.98. The van der Waals surface area contributed by atoms with Crippen molar-refractivity contribution in [2.75, 3.05) is 5.73 Å². The van der Waals surface area contributed by atoms with E-state index in [0.717, 1.165) is 3.57 Å². The van der Waals surface area contributed by atoms with Crippen molar-refractivity contribution >= 4 is 45.7 Å². The van der Waals surface area contributed by atoms with Gasteiger partial charge in [0, 0.05) is 14.7 Å². The number of hydrogen-bond acceptors (Lipinski definition) is 2. The highest BCUT2D eigenvalue weighted by Gasteiger charge is 2.10. The van der Waals surface area contributed by atoms with E-state index in [9.17, 15) is 4.79 Å². The first-order chi connectivity index (χ1) is 8.08. The molecule has 0 bridgehead atoms. The van der Waals surface area contributed by atoms with E-state index in [0.29, 0.717) is 21.8 Å². The number of ketones is 1. The number of hydrogen-bond donors (Lipinski definition) is 1. The topological polar surface area (TPSA) is 43.1 Å². The first-order valence-electron chi connectivity index (χ1n) is 4.93. The smallest absolute Gasteiger partial charge is 0.193 e. The molecule has 0 unspecified atom stereocenters. The second-order valence-electron chi connectivity index (χ2n) is 3.57. The van der Waals surface area contributed by atoms with Crippen LogP contribution in [0.2, 0.25) is 5.02 Å². The quantitative estimate of drug-likeness (QED) is 0.505. The molecule has 0 saturated heterocycles. The molecular formula is C13H9ClINO. The van der Waals surface area contributed by atoms with E-state index in [1.165, 1.54) is 0 Å². The second kappa shape index (κ2) is 5.06. The van der Waals surface area contributed by atoms with Gasteiger partial charge in [-0.05, 0) is 65.1 Å². The average molecular weight is 358 g/mol. The van der Waals surface area contributed by atoms with Crippen molar-refractivity contribution in [3.8, 4) is 0 Å². The number of carbonyl (C=O) groups excluding carboxylic acids is 1. The molecular weight excluding hydrogens is 349 g/mol. The van der Waals surface area contributed by atoms with Crippen LogP contribution in [0.1, 0.15) is 15.9 Å². The van der Waals surface area contributed by atoms with Crippen LogP contribution >= 0.6 is 34.2 Å². The van der Waals surface area contributed by atoms with Crippen LogP contribution in [0.25, 0.3) is 0 Å². The van der Waals surface area contributed by atoms with Crippen LogP contribution in [0.5, 0.6) is 0 Å². The number of benzene rings is 2. The second-order valence-corrected chi connectivity index (χ2v) is 5.23. The molecule has 0 aliphatic heterocycles. The van der Waals surface area contributed by atoms with E-state index >= 15 is 0 Å². The summed E-state index contributed by atoms with van der Waals surface area (Å²) in [7, 11) is 0. The summed E-state index contributed by atoms with van der Waals surface area (Å²) in [5.41, 5.74) is 7.27. The van der Waals surface area contributed by atoms with Crippen molar-refractivity contribution in [2.24, 2.45) is 0 Å². The Morgan fingerprint density at radius 1 is 1.06 bits per heavy atom. The Hall–Kier alpha value is -1.07. The van der Waals surface area contributed by atoms with E-state index in [4.69, 9.17) is 17.3 Å². The molecule has 0 amide bonds. The summed E-state index contributed by atoms with van der Waals surface area (Å²) in [6.07, 6.45) is 0. The van der Waals surface area contributed by atoms with Crippen LogP contribution in [0.4, 0.5) is 5.69 Å². The molecule has 2 aromatic rings. The van der Waals surface area contributed by atoms with Gasteiger partial charge in [-0.2, -0.15) is 0 Å². The number of nitrogen functional groups attached to an aromatic ring is 1. The third-order valence-electron chi connectivity index (χ3n) is 2.37. The molecule has 2 aromatic carbocycles. The first kappa shape index (κ1) is 12.4. The van der Waals surface area contributed by atoms with Gasteiger partial charge < -0.3 is 5.73 Å². The van der Waals surface area contributed by atoms with Crippen molar-refractivity contribution in [3.05, 3.63) is 62.2 Å². The van der Waals surface area contributed by atoms with Gasteiger partial charge in [-0.3, -0.25) is 4.79 Å². The minimum Gasteiger partial charge on any atom is -0.398 e. The number of carbonyl (C=O) groups is 1. The largest absolute Gasteiger partial charge is 0.398 e. The van der Waals surface area contributed by atoms with Crippen molar-refractivity contribution in [2.45, 2.75) is 0 Å². The van der Waals surface area contributed by atoms with Crippen LogP contribution < -0.4 is 5.73 Å². The van der Waals surface area contributed by atoms with E-state index in [2.05, 4.69) is 22.6 Å². The van der Waals surface area contributed by atoms with Gasteiger partial charge in [0.25, 0.3) is 0 Å². The highest BCUT2D eigenvalue weighted by Crippen LogP contribution is 2.21. The lowest BCUT2D eigenvalue weighted by atomic mass is 10.0. The summed E-state index contributed by atoms with van der Waals surface area (Å²) in [4.78, 5) is 12.1. The van der Waals surface area contributed by atoms with Crippen LogP contribution in [0.15, 0.2) is 42.5 Å². The number of anilines is 1. The summed E-state index contributed by atoms with van der Waals surface area (Å²) in [6.45, 7) is 0. The normalized spacial score (nSPS) is 10.2. The summed E-state index contributed by atoms with van der Waals surface area (Å²) in [5, 5.41) is 0.404. The molecule has 0 radical (unpaired) electrons. The molecule has 2 rings (SSSR count). The zero-order valence-corrected chi connectivity index (χ0v) is 11.7. The molecule has 0 aliphatic carbocycles. The SMILES string of the molecule is Nc1ccc(C(=O)c2ccc(I)cc2)cc1Cl. The Balaban J connectivity index is 2.37. The average Bonchev–Trinajstić information content (AvgIpc) is 2.33. The monoisotopic (exact) mass is 357 g/mol. The van der Waals surface area contributed by atoms with Crippen molar-refractivity contribution in [1.82, 2.24) is 0 Å². The minimum atomic E-state index is -0.0525. The van der Waals surface area contributed by atoms with E-state index in [1.54, 1.807) is 30.3 Å². The molecule has 0 fully saturated rings. The van der Waals surface area contributed by atoms with E-state index in [-0.39, 0.29) is 5.78 Å². The highest BCUT2D eigenvalue weighted by molar-refractivity contribution is 14.1. The third-order valence-corrected chi connectivity index (χ3v) is 3.42. The van der Waals surface area contributed by atoms with Crippen molar-refractivity contribution in [1.29, 1.82) is 0 Å². The molecule has 4 heteroatoms. The molecule has 0 aliphatic rings. The van der Waals surface area contributed by atoms with E-state index in [1.807, 2.05) is 12.1 Å². The number of halogens is 2. The Morgan fingerprint density at radius 3 is 2.24 bits per heavy atom. The predicted molar refractivity (Wildman–Crippen MR) is 78.5 cm³/mol. The highest BCUT2D eigenvalue weighted by atomic mass is 127. The molecule has 2 N–H and O–H groups in total. The Morgan fingerprint density at radius 2 is 1.65 bits per heavy atom. The van der Waals surface area contributed by atoms with Gasteiger partial charge in [-0.1, -0.05) is 11.6 Å². The Kier molecular flexibility index (Phi) is 3.69. The maximum absolute atomic E-state index is 12.1. The van der Waals surface area contributed by atoms with Gasteiger partial charge in [0.15, 0.2) is 5.78 Å². The van der Waals surface area contributed by atoms with Gasteiger partial charge in [0.2, 0.25) is 0 Å². The minimum absolute atomic E-state index is 0.0525.